The molecular formula is C86H163NO18. The molecule has 19 heteroatoms. The summed E-state index contributed by atoms with van der Waals surface area (Å²) in [5.74, 6) is -0.276. The zero-order chi connectivity index (χ0) is 76.0. The van der Waals surface area contributed by atoms with E-state index in [2.05, 4.69) is 31.3 Å². The summed E-state index contributed by atoms with van der Waals surface area (Å²) < 4.78 is 34.5. The van der Waals surface area contributed by atoms with Gasteiger partial charge in [-0.25, -0.2) is 0 Å². The average molecular weight is 1500 g/mol. The van der Waals surface area contributed by atoms with E-state index < -0.39 is 124 Å². The van der Waals surface area contributed by atoms with Crippen molar-refractivity contribution in [1.29, 1.82) is 0 Å². The smallest absolute Gasteiger partial charge is 0.220 e. The Morgan fingerprint density at radius 2 is 0.610 bits per heavy atom. The number of carbonyl (C=O) groups excluding carboxylic acids is 1. The van der Waals surface area contributed by atoms with E-state index >= 15 is 0 Å². The second kappa shape index (κ2) is 66.8. The van der Waals surface area contributed by atoms with Gasteiger partial charge in [-0.3, -0.25) is 4.79 Å². The summed E-state index contributed by atoms with van der Waals surface area (Å²) in [6.45, 7) is 1.79. The Morgan fingerprint density at radius 1 is 0.333 bits per heavy atom. The molecule has 17 unspecified atom stereocenters. The lowest BCUT2D eigenvalue weighted by atomic mass is 9.96. The fourth-order valence-corrected chi connectivity index (χ4v) is 15.2. The first-order chi connectivity index (χ1) is 51.3. The Labute approximate surface area is 638 Å². The Bertz CT molecular complexity index is 1990. The highest BCUT2D eigenvalue weighted by Crippen LogP contribution is 2.34. The van der Waals surface area contributed by atoms with Crippen molar-refractivity contribution < 1.29 is 89.4 Å². The first-order valence-electron chi connectivity index (χ1n) is 44.1. The number of unbranched alkanes of at least 4 members (excludes halogenated alkanes) is 54. The lowest BCUT2D eigenvalue weighted by Gasteiger charge is -2.48. The Kier molecular flexibility index (Phi) is 62.0. The lowest BCUT2D eigenvalue weighted by molar-refractivity contribution is -0.379. The van der Waals surface area contributed by atoms with Crippen molar-refractivity contribution in [2.24, 2.45) is 0 Å². The van der Waals surface area contributed by atoms with Crippen LogP contribution in [0.4, 0.5) is 0 Å². The van der Waals surface area contributed by atoms with Crippen LogP contribution in [0, 0.1) is 0 Å². The van der Waals surface area contributed by atoms with Gasteiger partial charge < -0.3 is 89.9 Å². The van der Waals surface area contributed by atoms with Gasteiger partial charge in [0.15, 0.2) is 18.9 Å². The van der Waals surface area contributed by atoms with Gasteiger partial charge in [0.2, 0.25) is 5.91 Å². The van der Waals surface area contributed by atoms with E-state index in [1.165, 1.54) is 315 Å². The highest BCUT2D eigenvalue weighted by Gasteiger charge is 2.54. The molecule has 19 nitrogen and oxygen atoms in total. The molecule has 3 saturated heterocycles. The molecule has 0 saturated carbocycles. The summed E-state index contributed by atoms with van der Waals surface area (Å²) in [6, 6.07) is -0.989. The maximum Gasteiger partial charge on any atom is 0.220 e. The number of hydrogen-bond acceptors (Lipinski definition) is 18. The van der Waals surface area contributed by atoms with Gasteiger partial charge in [-0.15, -0.1) is 0 Å². The zero-order valence-electron chi connectivity index (χ0n) is 66.7. The van der Waals surface area contributed by atoms with Crippen molar-refractivity contribution >= 4 is 5.91 Å². The van der Waals surface area contributed by atoms with Gasteiger partial charge >= 0.3 is 0 Å². The van der Waals surface area contributed by atoms with Crippen LogP contribution in [0.5, 0.6) is 0 Å². The van der Waals surface area contributed by atoms with E-state index in [0.29, 0.717) is 12.8 Å². The van der Waals surface area contributed by atoms with Gasteiger partial charge in [0.25, 0.3) is 0 Å². The Balaban J connectivity index is 1.32. The molecule has 17 atom stereocenters. The third-order valence-corrected chi connectivity index (χ3v) is 22.3. The van der Waals surface area contributed by atoms with Gasteiger partial charge in [-0.1, -0.05) is 372 Å². The number of rotatable bonds is 72. The maximum absolute atomic E-state index is 13.5. The molecule has 0 aromatic carbocycles. The molecule has 12 N–H and O–H groups in total. The van der Waals surface area contributed by atoms with E-state index in [1.807, 2.05) is 6.08 Å². The van der Waals surface area contributed by atoms with Crippen LogP contribution in [0.15, 0.2) is 24.3 Å². The molecule has 3 aliphatic heterocycles. The van der Waals surface area contributed by atoms with E-state index in [0.717, 1.165) is 38.5 Å². The molecule has 0 aromatic rings. The van der Waals surface area contributed by atoms with Crippen molar-refractivity contribution in [2.45, 2.75) is 491 Å². The van der Waals surface area contributed by atoms with Gasteiger partial charge in [0, 0.05) is 6.42 Å². The summed E-state index contributed by atoms with van der Waals surface area (Å²) >= 11 is 0. The Hall–Kier alpha value is -1.73. The first-order valence-corrected chi connectivity index (χ1v) is 44.1. The average Bonchev–Trinajstić information content (AvgIpc) is 0.781. The summed E-state index contributed by atoms with van der Waals surface area (Å²) in [4.78, 5) is 13.5. The van der Waals surface area contributed by atoms with Crippen LogP contribution < -0.4 is 5.32 Å². The van der Waals surface area contributed by atoms with Gasteiger partial charge in [-0.05, 0) is 32.1 Å². The fraction of sp³-hybridized carbons (Fsp3) is 0.942. The van der Waals surface area contributed by atoms with Crippen LogP contribution in [0.3, 0.4) is 0 Å². The third kappa shape index (κ3) is 46.1. The van der Waals surface area contributed by atoms with E-state index in [-0.39, 0.29) is 18.9 Å². The number of aliphatic hydroxyl groups is 11. The number of allylic oxidation sites excluding steroid dienone is 3. The molecule has 3 fully saturated rings. The van der Waals surface area contributed by atoms with Crippen molar-refractivity contribution in [1.82, 2.24) is 5.32 Å². The van der Waals surface area contributed by atoms with E-state index in [1.54, 1.807) is 6.08 Å². The van der Waals surface area contributed by atoms with E-state index in [4.69, 9.17) is 28.4 Å². The molecule has 0 spiro atoms. The molecule has 0 aromatic heterocycles. The zero-order valence-corrected chi connectivity index (χ0v) is 66.7. The number of carbonyl (C=O) groups is 1. The minimum absolute atomic E-state index is 0.241. The second-order valence-corrected chi connectivity index (χ2v) is 31.7. The Morgan fingerprint density at radius 3 is 0.952 bits per heavy atom. The minimum atomic E-state index is -1.98. The van der Waals surface area contributed by atoms with Crippen LogP contribution in [0.25, 0.3) is 0 Å². The monoisotopic (exact) mass is 1500 g/mol. The van der Waals surface area contributed by atoms with Crippen molar-refractivity contribution in [2.75, 3.05) is 26.4 Å². The molecule has 3 heterocycles. The predicted molar refractivity (Wildman–Crippen MR) is 420 cm³/mol. The number of nitrogens with one attached hydrogen (secondary N) is 1. The van der Waals surface area contributed by atoms with Crippen LogP contribution in [-0.2, 0) is 33.2 Å². The summed E-state index contributed by atoms with van der Waals surface area (Å²) in [7, 11) is 0. The minimum Gasteiger partial charge on any atom is -0.394 e. The molecule has 0 radical (unpaired) electrons. The summed E-state index contributed by atoms with van der Waals surface area (Å²) in [6.07, 6.45) is 56.3. The van der Waals surface area contributed by atoms with Crippen LogP contribution in [0.2, 0.25) is 0 Å². The summed E-state index contributed by atoms with van der Waals surface area (Å²) in [5.41, 5.74) is 0. The van der Waals surface area contributed by atoms with Crippen molar-refractivity contribution in [3.63, 3.8) is 0 Å². The van der Waals surface area contributed by atoms with Crippen molar-refractivity contribution in [3.05, 3.63) is 24.3 Å². The van der Waals surface area contributed by atoms with Crippen LogP contribution in [-0.4, -0.2) is 193 Å². The normalized spacial score (nSPS) is 25.8. The topological polar surface area (TPSA) is 307 Å². The molecule has 0 bridgehead atoms. The number of hydrogen-bond donors (Lipinski definition) is 12. The molecular weight excluding hydrogens is 1330 g/mol. The SMILES string of the molecule is CCCCCCCCCCCCCCCCCCC/C=C/CC/C=C/C(O)C(COC1OC(CO)C(OC2OC(CO)C(OC3OC(CO)C(O)C(O)C3O)C(O)C2O)C(O)C1O)NC(=O)CCCCCCCCCCCCCCCCCCCCCCCCCCCCCCCCCCCCCCC. The van der Waals surface area contributed by atoms with Gasteiger partial charge in [0.1, 0.15) is 73.2 Å². The van der Waals surface area contributed by atoms with Gasteiger partial charge in [0.05, 0.1) is 38.6 Å². The fourth-order valence-electron chi connectivity index (χ4n) is 15.2. The standard InChI is InChI=1S/C86H163NO18/c1-3-5-7-9-11-13-15-17-19-21-23-25-27-28-29-30-31-32-33-34-35-36-37-38-39-40-42-44-46-48-50-52-54-56-58-60-62-64-74(92)87-69(70(91)63-61-59-57-55-53-51-49-47-45-43-41-26-24-22-20-18-16-14-12-10-8-6-4-2)68-100-84-80(98)77(95)82(72(66-89)102-84)105-86-81(99)78(96)83(73(67-90)103-86)104-85-79(97)76(94)75(93)71(65-88)101-85/h53,55,61,63,69-73,75-86,88-91,93-99H,3-52,54,56-60,62,64-68H2,1-2H3,(H,87,92)/b55-53+,63-61+. The van der Waals surface area contributed by atoms with Crippen LogP contribution >= 0.6 is 0 Å². The second-order valence-electron chi connectivity index (χ2n) is 31.7. The van der Waals surface area contributed by atoms with Crippen molar-refractivity contribution in [3.8, 4) is 0 Å². The van der Waals surface area contributed by atoms with Crippen LogP contribution in [0.1, 0.15) is 386 Å². The highest BCUT2D eigenvalue weighted by molar-refractivity contribution is 5.76. The third-order valence-electron chi connectivity index (χ3n) is 22.3. The summed E-state index contributed by atoms with van der Waals surface area (Å²) in [5, 5.41) is 121. The molecule has 0 aliphatic carbocycles. The number of aliphatic hydroxyl groups excluding tert-OH is 11. The quantitative estimate of drug-likeness (QED) is 0.0199. The molecule has 3 aliphatic rings. The highest BCUT2D eigenvalue weighted by atomic mass is 16.8. The predicted octanol–water partition coefficient (Wildman–Crippen LogP) is 16.1. The molecule has 1 amide bonds. The number of ether oxygens (including phenoxy) is 6. The first kappa shape index (κ1) is 97.5. The molecule has 3 rings (SSSR count). The van der Waals surface area contributed by atoms with E-state index in [9.17, 15) is 61.0 Å². The van der Waals surface area contributed by atoms with Gasteiger partial charge in [-0.2, -0.15) is 0 Å². The molecule has 620 valence electrons. The largest absolute Gasteiger partial charge is 0.394 e. The molecule has 105 heavy (non-hydrogen) atoms. The maximum atomic E-state index is 13.5. The number of amides is 1. The lowest BCUT2D eigenvalue weighted by Crippen LogP contribution is -2.66.